The Bertz CT molecular complexity index is 627. The third-order valence-corrected chi connectivity index (χ3v) is 4.88. The summed E-state index contributed by atoms with van der Waals surface area (Å²) in [6.45, 7) is 3.47. The van der Waals surface area contributed by atoms with Gasteiger partial charge in [0, 0.05) is 17.6 Å². The fourth-order valence-corrected chi connectivity index (χ4v) is 3.78. The van der Waals surface area contributed by atoms with Crippen LogP contribution >= 0.6 is 11.3 Å². The number of carbonyl (C=O) groups is 1. The van der Waals surface area contributed by atoms with E-state index in [2.05, 4.69) is 23.4 Å². The van der Waals surface area contributed by atoms with Gasteiger partial charge in [0.25, 0.3) is 0 Å². The highest BCUT2D eigenvalue weighted by Crippen LogP contribution is 2.34. The third-order valence-electron chi connectivity index (χ3n) is 3.83. The monoisotopic (exact) mass is 316 g/mol. The van der Waals surface area contributed by atoms with Crippen molar-refractivity contribution >= 4 is 22.9 Å². The lowest BCUT2D eigenvalue weighted by molar-refractivity contribution is -0.121. The second-order valence-electron chi connectivity index (χ2n) is 5.38. The van der Waals surface area contributed by atoms with Crippen LogP contribution in [0.1, 0.15) is 36.3 Å². The van der Waals surface area contributed by atoms with Crippen molar-refractivity contribution < 1.29 is 9.53 Å². The van der Waals surface area contributed by atoms with Crippen molar-refractivity contribution in [2.24, 2.45) is 0 Å². The zero-order valence-corrected chi connectivity index (χ0v) is 13.5. The summed E-state index contributed by atoms with van der Waals surface area (Å²) in [4.78, 5) is 19.9. The molecule has 0 aromatic carbocycles. The normalized spacial score (nSPS) is 17.0. The van der Waals surface area contributed by atoms with E-state index in [4.69, 9.17) is 4.74 Å². The smallest absolute Gasteiger partial charge is 0.230 e. The number of carbonyl (C=O) groups excluding carboxylic acids is 1. The highest BCUT2D eigenvalue weighted by molar-refractivity contribution is 7.10. The van der Waals surface area contributed by atoms with Crippen LogP contribution in [-0.2, 0) is 16.0 Å². The number of rotatable bonds is 5. The third kappa shape index (κ3) is 3.20. The number of thiophene rings is 1. The Kier molecular flexibility index (Phi) is 4.85. The lowest BCUT2D eigenvalue weighted by atomic mass is 10.0. The fourth-order valence-electron chi connectivity index (χ4n) is 2.78. The zero-order chi connectivity index (χ0) is 15.4. The quantitative estimate of drug-likeness (QED) is 0.846. The van der Waals surface area contributed by atoms with E-state index in [1.54, 1.807) is 23.7 Å². The van der Waals surface area contributed by atoms with E-state index < -0.39 is 0 Å². The number of hydrogen-bond donors (Lipinski definition) is 0. The van der Waals surface area contributed by atoms with Gasteiger partial charge in [0.15, 0.2) is 0 Å². The summed E-state index contributed by atoms with van der Waals surface area (Å²) in [5, 5.41) is 2.09. The van der Waals surface area contributed by atoms with Crippen molar-refractivity contribution in [1.29, 1.82) is 0 Å². The molecule has 0 radical (unpaired) electrons. The van der Waals surface area contributed by atoms with Gasteiger partial charge in [0.1, 0.15) is 6.10 Å². The number of hydrogen-bond acceptors (Lipinski definition) is 4. The minimum atomic E-state index is -0.104. The lowest BCUT2D eigenvalue weighted by Gasteiger charge is -2.27. The first kappa shape index (κ1) is 15.2. The Hall–Kier alpha value is -1.72. The van der Waals surface area contributed by atoms with Crippen LogP contribution in [0.25, 0.3) is 0 Å². The topological polar surface area (TPSA) is 42.4 Å². The molecular weight excluding hydrogens is 296 g/mol. The van der Waals surface area contributed by atoms with Gasteiger partial charge in [0.05, 0.1) is 24.9 Å². The van der Waals surface area contributed by atoms with E-state index in [0.29, 0.717) is 19.6 Å². The lowest BCUT2D eigenvalue weighted by Crippen LogP contribution is -2.33. The molecule has 0 spiro atoms. The van der Waals surface area contributed by atoms with E-state index >= 15 is 0 Å². The van der Waals surface area contributed by atoms with E-state index in [0.717, 1.165) is 18.5 Å². The van der Waals surface area contributed by atoms with Crippen molar-refractivity contribution in [3.05, 3.63) is 46.4 Å². The molecule has 1 amide bonds. The molecule has 0 aliphatic carbocycles. The molecule has 0 saturated heterocycles. The number of ether oxygens (including phenoxy) is 1. The highest BCUT2D eigenvalue weighted by atomic mass is 32.1. The Morgan fingerprint density at radius 1 is 1.50 bits per heavy atom. The Morgan fingerprint density at radius 3 is 3.18 bits per heavy atom. The molecule has 22 heavy (non-hydrogen) atoms. The van der Waals surface area contributed by atoms with Gasteiger partial charge in [-0.1, -0.05) is 6.92 Å². The molecule has 5 heteroatoms. The van der Waals surface area contributed by atoms with Crippen LogP contribution in [0.2, 0.25) is 0 Å². The Balaban J connectivity index is 1.75. The molecule has 4 nitrogen and oxygen atoms in total. The molecular formula is C17H20N2O2S. The molecule has 3 rings (SSSR count). The van der Waals surface area contributed by atoms with Crippen molar-refractivity contribution in [3.8, 4) is 0 Å². The molecule has 3 heterocycles. The number of amides is 1. The van der Waals surface area contributed by atoms with Gasteiger partial charge in [-0.2, -0.15) is 0 Å². The molecule has 116 valence electrons. The molecule has 1 aliphatic heterocycles. The summed E-state index contributed by atoms with van der Waals surface area (Å²) in [7, 11) is 0. The van der Waals surface area contributed by atoms with E-state index in [-0.39, 0.29) is 12.0 Å². The summed E-state index contributed by atoms with van der Waals surface area (Å²) in [6, 6.07) is 5.93. The molecule has 1 aliphatic rings. The van der Waals surface area contributed by atoms with Crippen LogP contribution in [0.15, 0.2) is 36.0 Å². The molecule has 0 saturated carbocycles. The number of anilines is 1. The fraction of sp³-hybridized carbons (Fsp3) is 0.412. The van der Waals surface area contributed by atoms with Crippen LogP contribution in [0.3, 0.4) is 0 Å². The molecule has 0 fully saturated rings. The van der Waals surface area contributed by atoms with E-state index in [9.17, 15) is 4.79 Å². The first-order valence-electron chi connectivity index (χ1n) is 7.68. The summed E-state index contributed by atoms with van der Waals surface area (Å²) in [6.07, 6.45) is 5.61. The number of fused-ring (bicyclic) bond motifs is 1. The Labute approximate surface area is 134 Å². The number of pyridine rings is 1. The molecule has 1 atom stereocenters. The molecule has 0 bridgehead atoms. The van der Waals surface area contributed by atoms with Crippen molar-refractivity contribution in [3.63, 3.8) is 0 Å². The van der Waals surface area contributed by atoms with E-state index in [1.165, 1.54) is 10.4 Å². The van der Waals surface area contributed by atoms with Crippen LogP contribution in [0.4, 0.5) is 5.69 Å². The second kappa shape index (κ2) is 7.03. The van der Waals surface area contributed by atoms with Crippen LogP contribution in [0.5, 0.6) is 0 Å². The number of aromatic nitrogens is 1. The largest absolute Gasteiger partial charge is 0.372 e. The van der Waals surface area contributed by atoms with Crippen LogP contribution < -0.4 is 4.90 Å². The first-order valence-corrected chi connectivity index (χ1v) is 8.55. The predicted molar refractivity (Wildman–Crippen MR) is 88.2 cm³/mol. The van der Waals surface area contributed by atoms with Crippen molar-refractivity contribution in [1.82, 2.24) is 4.98 Å². The maximum absolute atomic E-state index is 12.8. The van der Waals surface area contributed by atoms with Gasteiger partial charge < -0.3 is 9.64 Å². The van der Waals surface area contributed by atoms with Crippen LogP contribution in [-0.4, -0.2) is 24.0 Å². The second-order valence-corrected chi connectivity index (χ2v) is 6.33. The summed E-state index contributed by atoms with van der Waals surface area (Å²) in [5.74, 6) is 0.0982. The van der Waals surface area contributed by atoms with Gasteiger partial charge in [0.2, 0.25) is 5.91 Å². The molecule has 1 unspecified atom stereocenters. The van der Waals surface area contributed by atoms with Gasteiger partial charge in [-0.15, -0.1) is 11.3 Å². The zero-order valence-electron chi connectivity index (χ0n) is 12.7. The van der Waals surface area contributed by atoms with Gasteiger partial charge in [-0.25, -0.2) is 0 Å². The maximum Gasteiger partial charge on any atom is 0.230 e. The van der Waals surface area contributed by atoms with Gasteiger partial charge in [-0.3, -0.25) is 9.78 Å². The Morgan fingerprint density at radius 2 is 2.41 bits per heavy atom. The van der Waals surface area contributed by atoms with Crippen molar-refractivity contribution in [2.75, 3.05) is 18.1 Å². The maximum atomic E-state index is 12.8. The minimum absolute atomic E-state index is 0.0982. The molecule has 0 N–H and O–H groups in total. The van der Waals surface area contributed by atoms with E-state index in [1.807, 2.05) is 17.0 Å². The summed E-state index contributed by atoms with van der Waals surface area (Å²) >= 11 is 1.69. The van der Waals surface area contributed by atoms with Gasteiger partial charge in [-0.05, 0) is 42.0 Å². The number of nitrogens with zero attached hydrogens (tertiary/aromatic N) is 2. The standard InChI is InChI=1S/C17H20N2O2S/c1-2-8-19(14-4-3-7-18-12-14)16(20)11-15-17-13(5-9-21-15)6-10-22-17/h3-4,6-7,10,12,15H,2,5,8-9,11H2,1H3. The van der Waals surface area contributed by atoms with Crippen molar-refractivity contribution in [2.45, 2.75) is 32.3 Å². The predicted octanol–water partition coefficient (Wildman–Crippen LogP) is 3.59. The molecule has 2 aromatic rings. The SMILES string of the molecule is CCCN(C(=O)CC1OCCc2ccsc21)c1cccnc1. The minimum Gasteiger partial charge on any atom is -0.372 e. The average molecular weight is 316 g/mol. The molecule has 2 aromatic heterocycles. The first-order chi connectivity index (χ1) is 10.8. The summed E-state index contributed by atoms with van der Waals surface area (Å²) < 4.78 is 5.84. The highest BCUT2D eigenvalue weighted by Gasteiger charge is 2.27. The average Bonchev–Trinajstić information content (AvgIpc) is 3.03. The van der Waals surface area contributed by atoms with Crippen LogP contribution in [0, 0.1) is 0 Å². The summed E-state index contributed by atoms with van der Waals surface area (Å²) in [5.41, 5.74) is 2.19. The van der Waals surface area contributed by atoms with Gasteiger partial charge >= 0.3 is 0 Å².